The average molecular weight is 266 g/mol. The van der Waals surface area contributed by atoms with Crippen LogP contribution in [0.5, 0.6) is 0 Å². The molecule has 1 atom stereocenters. The molecule has 0 saturated heterocycles. The van der Waals surface area contributed by atoms with Gasteiger partial charge >= 0.3 is 0 Å². The van der Waals surface area contributed by atoms with Crippen LogP contribution < -0.4 is 0 Å². The van der Waals surface area contributed by atoms with Gasteiger partial charge in [0.1, 0.15) is 17.5 Å². The predicted octanol–water partition coefficient (Wildman–Crippen LogP) is 2.92. The summed E-state index contributed by atoms with van der Waals surface area (Å²) in [7, 11) is 0. The standard InChI is InChI=1S/C15H26N2O2/c1-4-17-11-10-16-14(17)13(18)15(19-5-2)8-6-12(3)7-9-15/h10-13,18H,4-9H2,1-3H3. The van der Waals surface area contributed by atoms with Gasteiger partial charge < -0.3 is 14.4 Å². The molecule has 0 aromatic carbocycles. The van der Waals surface area contributed by atoms with E-state index < -0.39 is 11.7 Å². The van der Waals surface area contributed by atoms with E-state index in [-0.39, 0.29) is 0 Å². The van der Waals surface area contributed by atoms with Crippen molar-refractivity contribution in [3.05, 3.63) is 18.2 Å². The highest BCUT2D eigenvalue weighted by Crippen LogP contribution is 2.42. The Kier molecular flexibility index (Phi) is 4.63. The molecule has 1 fully saturated rings. The lowest BCUT2D eigenvalue weighted by atomic mass is 9.76. The number of aryl methyl sites for hydroxylation is 1. The Labute approximate surface area is 115 Å². The van der Waals surface area contributed by atoms with Crippen LogP contribution in [0.4, 0.5) is 0 Å². The molecule has 0 bridgehead atoms. The Morgan fingerprint density at radius 3 is 2.74 bits per heavy atom. The maximum Gasteiger partial charge on any atom is 0.141 e. The van der Waals surface area contributed by atoms with Crippen molar-refractivity contribution in [3.63, 3.8) is 0 Å². The van der Waals surface area contributed by atoms with E-state index in [2.05, 4.69) is 18.8 Å². The average Bonchev–Trinajstić information content (AvgIpc) is 2.89. The molecular formula is C15H26N2O2. The van der Waals surface area contributed by atoms with Gasteiger partial charge in [-0.1, -0.05) is 6.92 Å². The Balaban J connectivity index is 2.23. The first kappa shape index (κ1) is 14.5. The van der Waals surface area contributed by atoms with E-state index in [1.165, 1.54) is 0 Å². The van der Waals surface area contributed by atoms with Crippen molar-refractivity contribution in [2.24, 2.45) is 5.92 Å². The topological polar surface area (TPSA) is 47.3 Å². The minimum atomic E-state index is -0.630. The molecule has 1 N–H and O–H groups in total. The predicted molar refractivity (Wildman–Crippen MR) is 74.8 cm³/mol. The molecule has 0 amide bonds. The minimum absolute atomic E-state index is 0.445. The van der Waals surface area contributed by atoms with E-state index in [9.17, 15) is 5.11 Å². The summed E-state index contributed by atoms with van der Waals surface area (Å²) in [5.41, 5.74) is -0.445. The van der Waals surface area contributed by atoms with Crippen LogP contribution in [0.1, 0.15) is 58.4 Å². The van der Waals surface area contributed by atoms with Crippen LogP contribution in [0.25, 0.3) is 0 Å². The van der Waals surface area contributed by atoms with Gasteiger partial charge in [0.15, 0.2) is 0 Å². The van der Waals surface area contributed by atoms with Gasteiger partial charge in [-0.25, -0.2) is 4.98 Å². The molecule has 4 heteroatoms. The number of imidazole rings is 1. The highest BCUT2D eigenvalue weighted by atomic mass is 16.5. The molecule has 2 rings (SSSR count). The molecule has 19 heavy (non-hydrogen) atoms. The van der Waals surface area contributed by atoms with Crippen molar-refractivity contribution < 1.29 is 9.84 Å². The van der Waals surface area contributed by atoms with Gasteiger partial charge in [0.2, 0.25) is 0 Å². The Hall–Kier alpha value is -0.870. The first-order valence-corrected chi connectivity index (χ1v) is 7.46. The summed E-state index contributed by atoms with van der Waals surface area (Å²) in [6.45, 7) is 7.80. The fraction of sp³-hybridized carbons (Fsp3) is 0.800. The molecule has 1 aromatic heterocycles. The van der Waals surface area contributed by atoms with Crippen molar-refractivity contribution in [1.82, 2.24) is 9.55 Å². The van der Waals surface area contributed by atoms with Crippen molar-refractivity contribution in [2.75, 3.05) is 6.61 Å². The second-order valence-electron chi connectivity index (χ2n) is 5.65. The highest BCUT2D eigenvalue weighted by molar-refractivity contribution is 5.06. The van der Waals surface area contributed by atoms with Crippen LogP contribution in [-0.2, 0) is 11.3 Å². The van der Waals surface area contributed by atoms with Gasteiger partial charge in [-0.15, -0.1) is 0 Å². The third kappa shape index (κ3) is 2.84. The van der Waals surface area contributed by atoms with E-state index in [1.54, 1.807) is 6.20 Å². The smallest absolute Gasteiger partial charge is 0.141 e. The summed E-state index contributed by atoms with van der Waals surface area (Å²) in [5.74, 6) is 1.47. The van der Waals surface area contributed by atoms with Crippen LogP contribution in [0, 0.1) is 5.92 Å². The third-order valence-corrected chi connectivity index (χ3v) is 4.38. The Morgan fingerprint density at radius 1 is 1.47 bits per heavy atom. The summed E-state index contributed by atoms with van der Waals surface area (Å²) >= 11 is 0. The third-order valence-electron chi connectivity index (χ3n) is 4.38. The quantitative estimate of drug-likeness (QED) is 0.891. The fourth-order valence-electron chi connectivity index (χ4n) is 3.11. The molecule has 0 aliphatic heterocycles. The first-order chi connectivity index (χ1) is 9.13. The molecule has 1 aromatic rings. The maximum atomic E-state index is 10.8. The summed E-state index contributed by atoms with van der Waals surface area (Å²) in [6, 6.07) is 0. The second-order valence-corrected chi connectivity index (χ2v) is 5.65. The van der Waals surface area contributed by atoms with Crippen LogP contribution >= 0.6 is 0 Å². The molecule has 1 heterocycles. The summed E-state index contributed by atoms with van der Waals surface area (Å²) in [4.78, 5) is 4.34. The van der Waals surface area contributed by atoms with Crippen LogP contribution in [-0.4, -0.2) is 26.9 Å². The normalized spacial score (nSPS) is 29.4. The van der Waals surface area contributed by atoms with Crippen LogP contribution in [0.15, 0.2) is 12.4 Å². The fourth-order valence-corrected chi connectivity index (χ4v) is 3.11. The lowest BCUT2D eigenvalue weighted by Crippen LogP contribution is -2.43. The summed E-state index contributed by atoms with van der Waals surface area (Å²) < 4.78 is 8.00. The number of hydrogen-bond acceptors (Lipinski definition) is 3. The zero-order valence-electron chi connectivity index (χ0n) is 12.3. The zero-order chi connectivity index (χ0) is 13.9. The second kappa shape index (κ2) is 6.06. The minimum Gasteiger partial charge on any atom is -0.382 e. The van der Waals surface area contributed by atoms with Crippen LogP contribution in [0.3, 0.4) is 0 Å². The molecular weight excluding hydrogens is 240 g/mol. The molecule has 1 aliphatic rings. The Bertz CT molecular complexity index is 395. The molecule has 108 valence electrons. The van der Waals surface area contributed by atoms with Gasteiger partial charge in [0.05, 0.1) is 0 Å². The monoisotopic (exact) mass is 266 g/mol. The van der Waals surface area contributed by atoms with Crippen LogP contribution in [0.2, 0.25) is 0 Å². The summed E-state index contributed by atoms with van der Waals surface area (Å²) in [5, 5.41) is 10.8. The first-order valence-electron chi connectivity index (χ1n) is 7.46. The van der Waals surface area contributed by atoms with Crippen molar-refractivity contribution in [1.29, 1.82) is 0 Å². The SMILES string of the molecule is CCOC1(C(O)c2nccn2CC)CCC(C)CC1. The maximum absolute atomic E-state index is 10.8. The number of nitrogens with zero attached hydrogens (tertiary/aromatic N) is 2. The van der Waals surface area contributed by atoms with E-state index in [0.717, 1.165) is 44.0 Å². The number of aliphatic hydroxyl groups excluding tert-OH is 1. The van der Waals surface area contributed by atoms with E-state index >= 15 is 0 Å². The lowest BCUT2D eigenvalue weighted by molar-refractivity contribution is -0.149. The number of ether oxygens (including phenoxy) is 1. The molecule has 1 aliphatic carbocycles. The van der Waals surface area contributed by atoms with E-state index in [1.807, 2.05) is 17.7 Å². The zero-order valence-corrected chi connectivity index (χ0v) is 12.3. The van der Waals surface area contributed by atoms with Crippen molar-refractivity contribution >= 4 is 0 Å². The number of aliphatic hydroxyl groups is 1. The molecule has 1 saturated carbocycles. The van der Waals surface area contributed by atoms with Crippen molar-refractivity contribution in [2.45, 2.75) is 64.7 Å². The van der Waals surface area contributed by atoms with E-state index in [4.69, 9.17) is 4.74 Å². The van der Waals surface area contributed by atoms with Gasteiger partial charge in [0.25, 0.3) is 0 Å². The number of hydrogen-bond donors (Lipinski definition) is 1. The van der Waals surface area contributed by atoms with Gasteiger partial charge in [-0.3, -0.25) is 0 Å². The number of aromatic nitrogens is 2. The molecule has 0 radical (unpaired) electrons. The van der Waals surface area contributed by atoms with E-state index in [0.29, 0.717) is 6.61 Å². The lowest BCUT2D eigenvalue weighted by Gasteiger charge is -2.42. The van der Waals surface area contributed by atoms with Gasteiger partial charge in [-0.05, 0) is 45.4 Å². The van der Waals surface area contributed by atoms with Gasteiger partial charge in [-0.2, -0.15) is 0 Å². The van der Waals surface area contributed by atoms with Gasteiger partial charge in [0, 0.05) is 25.5 Å². The number of rotatable bonds is 5. The van der Waals surface area contributed by atoms with Crippen molar-refractivity contribution in [3.8, 4) is 0 Å². The molecule has 1 unspecified atom stereocenters. The summed E-state index contributed by atoms with van der Waals surface area (Å²) in [6.07, 6.45) is 7.11. The highest BCUT2D eigenvalue weighted by Gasteiger charge is 2.43. The largest absolute Gasteiger partial charge is 0.382 e. The molecule has 0 spiro atoms. The Morgan fingerprint density at radius 2 is 2.16 bits per heavy atom. The molecule has 4 nitrogen and oxygen atoms in total.